The van der Waals surface area contributed by atoms with Crippen molar-refractivity contribution in [3.8, 4) is 11.5 Å². The highest BCUT2D eigenvalue weighted by Crippen LogP contribution is 2.35. The molecule has 4 aromatic rings. The van der Waals surface area contributed by atoms with Crippen molar-refractivity contribution in [3.63, 3.8) is 0 Å². The fourth-order valence-corrected chi connectivity index (χ4v) is 4.93. The van der Waals surface area contributed by atoms with Gasteiger partial charge in [0.05, 0.1) is 19.9 Å². The average molecular weight is 545 g/mol. The Balaban J connectivity index is 1.56. The van der Waals surface area contributed by atoms with Crippen LogP contribution in [0.1, 0.15) is 31.8 Å². The van der Waals surface area contributed by atoms with Crippen LogP contribution in [-0.4, -0.2) is 25.2 Å². The summed E-state index contributed by atoms with van der Waals surface area (Å²) < 4.78 is 16.8. The maximum absolute atomic E-state index is 13.2. The van der Waals surface area contributed by atoms with Crippen molar-refractivity contribution in [2.45, 2.75) is 19.1 Å². The number of hydrogen-bond donors (Lipinski definition) is 1. The summed E-state index contributed by atoms with van der Waals surface area (Å²) in [4.78, 5) is 21.6. The van der Waals surface area contributed by atoms with Gasteiger partial charge in [-0.1, -0.05) is 29.3 Å². The Morgan fingerprint density at radius 2 is 1.86 bits per heavy atom. The van der Waals surface area contributed by atoms with E-state index in [1.807, 2.05) is 24.3 Å². The van der Waals surface area contributed by atoms with Gasteiger partial charge in [-0.05, 0) is 42.0 Å². The van der Waals surface area contributed by atoms with Gasteiger partial charge >= 0.3 is 5.97 Å². The predicted octanol–water partition coefficient (Wildman–Crippen LogP) is 6.03. The lowest BCUT2D eigenvalue weighted by Crippen LogP contribution is -2.15. The lowest BCUT2D eigenvalue weighted by atomic mass is 10.0. The van der Waals surface area contributed by atoms with Crippen LogP contribution in [0.5, 0.6) is 11.5 Å². The summed E-state index contributed by atoms with van der Waals surface area (Å²) in [6, 6.07) is 12.8. The number of H-pyrrole nitrogens is 1. The molecule has 0 aliphatic heterocycles. The fourth-order valence-electron chi connectivity index (χ4n) is 3.56. The first-order valence-corrected chi connectivity index (χ1v) is 12.5. The topological polar surface area (TPSA) is 83.8 Å². The van der Waals surface area contributed by atoms with Gasteiger partial charge in [0, 0.05) is 35.8 Å². The Morgan fingerprint density at radius 1 is 1.08 bits per heavy atom. The number of aromatic amines is 1. The molecule has 4 rings (SSSR count). The van der Waals surface area contributed by atoms with Crippen molar-refractivity contribution < 1.29 is 24.0 Å². The van der Waals surface area contributed by atoms with Gasteiger partial charge in [-0.3, -0.25) is 4.98 Å². The third-order valence-electron chi connectivity index (χ3n) is 5.41. The smallest absolute Gasteiger partial charge is 0.348 e. The number of aromatic nitrogens is 2. The number of carbonyl (C=O) groups is 1. The maximum Gasteiger partial charge on any atom is 0.348 e. The van der Waals surface area contributed by atoms with E-state index < -0.39 is 12.1 Å². The molecule has 1 atom stereocenters. The van der Waals surface area contributed by atoms with Crippen LogP contribution in [0, 0.1) is 0 Å². The van der Waals surface area contributed by atoms with E-state index in [1.165, 1.54) is 11.3 Å². The molecule has 10 heteroatoms. The number of esters is 1. The summed E-state index contributed by atoms with van der Waals surface area (Å²) in [5, 5.41) is 4.18. The van der Waals surface area contributed by atoms with Crippen molar-refractivity contribution in [3.05, 3.63) is 98.2 Å². The number of benzene rings is 1. The molecule has 3 aromatic heterocycles. The highest BCUT2D eigenvalue weighted by Gasteiger charge is 2.24. The van der Waals surface area contributed by atoms with Crippen LogP contribution in [0.4, 0.5) is 5.69 Å². The van der Waals surface area contributed by atoms with Crippen LogP contribution >= 0.6 is 34.5 Å². The largest absolute Gasteiger partial charge is 0.493 e. The fraction of sp³-hybridized carbons (Fsp3) is 0.192. The number of nitrogens with zero attached hydrogens (tertiary/aromatic N) is 1. The Morgan fingerprint density at radius 3 is 2.56 bits per heavy atom. The summed E-state index contributed by atoms with van der Waals surface area (Å²) >= 11 is 14.2. The van der Waals surface area contributed by atoms with E-state index in [0.717, 1.165) is 16.1 Å². The van der Waals surface area contributed by atoms with Crippen LogP contribution < -0.4 is 19.8 Å². The zero-order valence-electron chi connectivity index (χ0n) is 19.6. The number of halogens is 2. The van der Waals surface area contributed by atoms with E-state index in [9.17, 15) is 4.79 Å². The number of nitrogens with one attached hydrogen (secondary N) is 2. The van der Waals surface area contributed by atoms with Crippen molar-refractivity contribution in [2.75, 3.05) is 19.5 Å². The Bertz CT molecular complexity index is 1310. The second-order valence-corrected chi connectivity index (χ2v) is 9.69. The zero-order valence-corrected chi connectivity index (χ0v) is 21.9. The molecule has 0 aliphatic rings. The normalized spacial score (nSPS) is 11.6. The first-order valence-electron chi connectivity index (χ1n) is 11.0. The predicted molar refractivity (Wildman–Crippen MR) is 140 cm³/mol. The van der Waals surface area contributed by atoms with Crippen molar-refractivity contribution in [1.29, 1.82) is 0 Å². The van der Waals surface area contributed by atoms with Crippen molar-refractivity contribution in [2.24, 2.45) is 0 Å². The third-order valence-corrected chi connectivity index (χ3v) is 7.15. The molecule has 7 nitrogen and oxygen atoms in total. The van der Waals surface area contributed by atoms with E-state index in [1.54, 1.807) is 57.2 Å². The van der Waals surface area contributed by atoms with Gasteiger partial charge in [0.15, 0.2) is 23.9 Å². The molecule has 0 spiro atoms. The number of methoxy groups -OCH3 is 2. The van der Waals surface area contributed by atoms with Gasteiger partial charge in [0.2, 0.25) is 0 Å². The number of anilines is 1. The minimum absolute atomic E-state index is 0.272. The lowest BCUT2D eigenvalue weighted by Gasteiger charge is -2.20. The van der Waals surface area contributed by atoms with Crippen LogP contribution in [0.25, 0.3) is 0 Å². The van der Waals surface area contributed by atoms with E-state index >= 15 is 0 Å². The van der Waals surface area contributed by atoms with Crippen molar-refractivity contribution >= 4 is 46.2 Å². The highest BCUT2D eigenvalue weighted by molar-refractivity contribution is 7.13. The summed E-state index contributed by atoms with van der Waals surface area (Å²) in [5.41, 5.74) is 2.28. The average Bonchev–Trinajstić information content (AvgIpc) is 3.38. The Hall–Kier alpha value is -3.33. The van der Waals surface area contributed by atoms with E-state index in [-0.39, 0.29) is 6.42 Å². The molecule has 1 aromatic carbocycles. The summed E-state index contributed by atoms with van der Waals surface area (Å²) in [6.07, 6.45) is 6.33. The first-order chi connectivity index (χ1) is 17.5. The molecular weight excluding hydrogens is 521 g/mol. The van der Waals surface area contributed by atoms with Crippen molar-refractivity contribution in [1.82, 2.24) is 4.98 Å². The van der Waals surface area contributed by atoms with Crippen LogP contribution in [0.3, 0.4) is 0 Å². The molecule has 0 saturated heterocycles. The number of thiophene rings is 1. The maximum atomic E-state index is 13.2. The van der Waals surface area contributed by atoms with Crippen LogP contribution in [0.2, 0.25) is 10.0 Å². The number of carbonyl (C=O) groups excluding carboxylic acids is 1. The Labute approximate surface area is 223 Å². The second-order valence-electron chi connectivity index (χ2n) is 7.70. The molecule has 0 bridgehead atoms. The van der Waals surface area contributed by atoms with Gasteiger partial charge in [0.1, 0.15) is 21.0 Å². The van der Waals surface area contributed by atoms with Gasteiger partial charge in [-0.2, -0.15) is 0 Å². The minimum atomic E-state index is -0.672. The van der Waals surface area contributed by atoms with E-state index in [4.69, 9.17) is 37.4 Å². The van der Waals surface area contributed by atoms with Gasteiger partial charge in [-0.15, -0.1) is 11.3 Å². The third kappa shape index (κ3) is 6.26. The molecule has 0 aliphatic carbocycles. The van der Waals surface area contributed by atoms with Crippen LogP contribution in [-0.2, 0) is 17.7 Å². The molecule has 0 fully saturated rings. The molecule has 0 amide bonds. The summed E-state index contributed by atoms with van der Waals surface area (Å²) in [6.45, 7) is 0.564. The molecular formula is C26H24Cl2N3O4S+. The van der Waals surface area contributed by atoms with E-state index in [2.05, 4.69) is 15.3 Å². The summed E-state index contributed by atoms with van der Waals surface area (Å²) in [7, 11) is 3.11. The SMILES string of the molecule is COc1ccc([C@H](Cc2c(Cl)c[nH+]cc2Cl)OC(=O)c2ccc(CNc3cccnc3)s2)cc1OC. The molecule has 0 unspecified atom stereocenters. The standard InChI is InChI=1S/C26H23Cl2N3O4S/c1-33-22-7-5-16(10-24(22)34-2)23(11-19-20(27)14-30-15-21(19)28)35-26(32)25-8-6-18(36-25)13-31-17-4-3-9-29-12-17/h3-10,12,14-15,23,31H,11,13H2,1-2H3/p+1/t23-/m0/s1. The molecule has 0 radical (unpaired) electrons. The molecule has 0 saturated carbocycles. The monoisotopic (exact) mass is 544 g/mol. The number of ether oxygens (including phenoxy) is 3. The lowest BCUT2D eigenvalue weighted by molar-refractivity contribution is -0.377. The van der Waals surface area contributed by atoms with E-state index in [0.29, 0.717) is 38.5 Å². The quantitative estimate of drug-likeness (QED) is 0.245. The van der Waals surface area contributed by atoms with Gasteiger partial charge < -0.3 is 19.5 Å². The van der Waals surface area contributed by atoms with Crippen LogP contribution in [0.15, 0.2) is 67.3 Å². The number of hydrogen-bond acceptors (Lipinski definition) is 7. The molecule has 186 valence electrons. The minimum Gasteiger partial charge on any atom is -0.493 e. The van der Waals surface area contributed by atoms with Gasteiger partial charge in [0.25, 0.3) is 0 Å². The molecule has 3 heterocycles. The molecule has 36 heavy (non-hydrogen) atoms. The number of rotatable bonds is 10. The molecule has 2 N–H and O–H groups in total. The summed E-state index contributed by atoms with van der Waals surface area (Å²) in [5.74, 6) is 0.650. The Kier molecular flexibility index (Phi) is 8.64. The highest BCUT2D eigenvalue weighted by atomic mass is 35.5. The number of pyridine rings is 2. The van der Waals surface area contributed by atoms with Gasteiger partial charge in [-0.25, -0.2) is 9.78 Å². The first kappa shape index (κ1) is 25.8. The zero-order chi connectivity index (χ0) is 25.5. The second kappa shape index (κ2) is 12.1.